The Balaban J connectivity index is 1.50. The number of amides is 1. The summed E-state index contributed by atoms with van der Waals surface area (Å²) in [5.41, 5.74) is 3.01. The zero-order valence-electron chi connectivity index (χ0n) is 13.8. The number of hydroxylamine groups is 1. The molecular formula is C19H24N2O3. The molecule has 0 bridgehead atoms. The van der Waals surface area contributed by atoms with Gasteiger partial charge in [-0.15, -0.1) is 0 Å². The van der Waals surface area contributed by atoms with Crippen LogP contribution in [0.5, 0.6) is 0 Å². The van der Waals surface area contributed by atoms with E-state index >= 15 is 0 Å². The van der Waals surface area contributed by atoms with E-state index in [9.17, 15) is 9.90 Å². The number of nitrogens with one attached hydrogen (secondary N) is 1. The van der Waals surface area contributed by atoms with Gasteiger partial charge in [-0.3, -0.25) is 9.63 Å². The molecule has 24 heavy (non-hydrogen) atoms. The van der Waals surface area contributed by atoms with Crippen molar-refractivity contribution in [2.75, 3.05) is 26.2 Å². The number of aliphatic hydroxyl groups excluding tert-OH is 1. The molecule has 2 N–H and O–H groups in total. The van der Waals surface area contributed by atoms with Crippen molar-refractivity contribution in [3.05, 3.63) is 48.0 Å². The van der Waals surface area contributed by atoms with E-state index in [0.29, 0.717) is 12.1 Å². The molecule has 0 saturated carbocycles. The van der Waals surface area contributed by atoms with Gasteiger partial charge in [0.1, 0.15) is 6.61 Å². The molecular weight excluding hydrogens is 304 g/mol. The Labute approximate surface area is 142 Å². The number of nitrogens with zero attached hydrogens (tertiary/aromatic N) is 1. The van der Waals surface area contributed by atoms with Crippen LogP contribution < -0.4 is 5.48 Å². The molecule has 1 heterocycles. The Bertz CT molecular complexity index is 678. The number of benzene rings is 2. The zero-order valence-corrected chi connectivity index (χ0v) is 13.8. The van der Waals surface area contributed by atoms with Crippen molar-refractivity contribution in [2.24, 2.45) is 0 Å². The molecule has 128 valence electrons. The van der Waals surface area contributed by atoms with Gasteiger partial charge in [0.25, 0.3) is 5.91 Å². The first kappa shape index (κ1) is 16.9. The molecule has 2 aromatic carbocycles. The monoisotopic (exact) mass is 328 g/mol. The summed E-state index contributed by atoms with van der Waals surface area (Å²) in [6, 6.07) is 13.3. The van der Waals surface area contributed by atoms with Gasteiger partial charge in [-0.2, -0.15) is 0 Å². The molecule has 1 amide bonds. The summed E-state index contributed by atoms with van der Waals surface area (Å²) in [6.07, 6.45) is 3.04. The highest BCUT2D eigenvalue weighted by molar-refractivity contribution is 6.06. The molecule has 1 unspecified atom stereocenters. The molecule has 5 heteroatoms. The molecule has 1 aliphatic heterocycles. The first-order chi connectivity index (χ1) is 11.7. The van der Waals surface area contributed by atoms with Crippen molar-refractivity contribution in [3.8, 4) is 0 Å². The van der Waals surface area contributed by atoms with Crippen LogP contribution in [0.3, 0.4) is 0 Å². The van der Waals surface area contributed by atoms with Crippen LogP contribution in [0.15, 0.2) is 42.5 Å². The van der Waals surface area contributed by atoms with E-state index in [1.807, 2.05) is 36.4 Å². The molecule has 0 spiro atoms. The molecule has 0 aromatic heterocycles. The second kappa shape index (κ2) is 8.24. The van der Waals surface area contributed by atoms with Gasteiger partial charge in [-0.1, -0.05) is 42.8 Å². The number of β-amino-alcohol motifs (C(OH)–C–C–N with tert-alkyl or cyclic N) is 1. The van der Waals surface area contributed by atoms with Gasteiger partial charge >= 0.3 is 0 Å². The van der Waals surface area contributed by atoms with E-state index in [2.05, 4.69) is 10.4 Å². The topological polar surface area (TPSA) is 61.8 Å². The van der Waals surface area contributed by atoms with Crippen LogP contribution in [0.4, 0.5) is 0 Å². The van der Waals surface area contributed by atoms with E-state index in [-0.39, 0.29) is 12.5 Å². The third kappa shape index (κ3) is 4.32. The van der Waals surface area contributed by atoms with Crippen molar-refractivity contribution in [3.63, 3.8) is 0 Å². The zero-order chi connectivity index (χ0) is 16.8. The minimum Gasteiger partial charge on any atom is -0.389 e. The normalized spacial score (nSPS) is 16.9. The quantitative estimate of drug-likeness (QED) is 0.799. The largest absolute Gasteiger partial charge is 0.389 e. The van der Waals surface area contributed by atoms with Gasteiger partial charge in [0.05, 0.1) is 6.10 Å². The van der Waals surface area contributed by atoms with Gasteiger partial charge in [0.2, 0.25) is 0 Å². The van der Waals surface area contributed by atoms with Crippen LogP contribution in [0.2, 0.25) is 0 Å². The molecule has 0 aliphatic carbocycles. The van der Waals surface area contributed by atoms with Gasteiger partial charge in [0.15, 0.2) is 0 Å². The second-order valence-electron chi connectivity index (χ2n) is 6.28. The number of fused-ring (bicyclic) bond motifs is 1. The fraction of sp³-hybridized carbons (Fsp3) is 0.421. The first-order valence-electron chi connectivity index (χ1n) is 8.54. The highest BCUT2D eigenvalue weighted by Crippen LogP contribution is 2.18. The van der Waals surface area contributed by atoms with Gasteiger partial charge in [0, 0.05) is 12.1 Å². The van der Waals surface area contributed by atoms with E-state index in [1.54, 1.807) is 6.07 Å². The summed E-state index contributed by atoms with van der Waals surface area (Å²) in [5, 5.41) is 11.9. The van der Waals surface area contributed by atoms with E-state index in [1.165, 1.54) is 19.3 Å². The highest BCUT2D eigenvalue weighted by atomic mass is 16.7. The number of carbonyl (C=O) groups excluding carboxylic acids is 1. The van der Waals surface area contributed by atoms with Crippen LogP contribution in [0, 0.1) is 0 Å². The Hall–Kier alpha value is -1.95. The fourth-order valence-electron chi connectivity index (χ4n) is 3.17. The van der Waals surface area contributed by atoms with Gasteiger partial charge < -0.3 is 10.0 Å². The van der Waals surface area contributed by atoms with Gasteiger partial charge in [-0.25, -0.2) is 5.48 Å². The van der Waals surface area contributed by atoms with Crippen LogP contribution in [0.1, 0.15) is 29.6 Å². The molecule has 1 fully saturated rings. The van der Waals surface area contributed by atoms with E-state index < -0.39 is 6.10 Å². The lowest BCUT2D eigenvalue weighted by Gasteiger charge is -2.28. The lowest BCUT2D eigenvalue weighted by Crippen LogP contribution is -2.39. The molecule has 5 nitrogen and oxygen atoms in total. The average Bonchev–Trinajstić information content (AvgIpc) is 2.62. The Morgan fingerprint density at radius 3 is 2.71 bits per heavy atom. The smallest absolute Gasteiger partial charge is 0.275 e. The predicted octanol–water partition coefficient (Wildman–Crippen LogP) is 2.35. The lowest BCUT2D eigenvalue weighted by atomic mass is 10.0. The maximum Gasteiger partial charge on any atom is 0.275 e. The minimum absolute atomic E-state index is 0.0903. The van der Waals surface area contributed by atoms with E-state index in [0.717, 1.165) is 23.9 Å². The molecule has 1 saturated heterocycles. The Morgan fingerprint density at radius 2 is 1.88 bits per heavy atom. The standard InChI is InChI=1S/C19H24N2O3/c22-16(13-21-11-4-1-5-12-21)14-24-20-19(23)18-10-6-8-15-7-2-3-9-17(15)18/h2-3,6-10,16,22H,1,4-5,11-14H2,(H,20,23). The number of piperidine rings is 1. The summed E-state index contributed by atoms with van der Waals surface area (Å²) in [4.78, 5) is 19.8. The summed E-state index contributed by atoms with van der Waals surface area (Å²) >= 11 is 0. The second-order valence-corrected chi connectivity index (χ2v) is 6.28. The van der Waals surface area contributed by atoms with Crippen molar-refractivity contribution >= 4 is 16.7 Å². The van der Waals surface area contributed by atoms with Crippen molar-refractivity contribution in [2.45, 2.75) is 25.4 Å². The maximum absolute atomic E-state index is 12.3. The Morgan fingerprint density at radius 1 is 1.12 bits per heavy atom. The molecule has 3 rings (SSSR count). The summed E-state index contributed by atoms with van der Waals surface area (Å²) in [6.45, 7) is 2.73. The predicted molar refractivity (Wildman–Crippen MR) is 93.7 cm³/mol. The van der Waals surface area contributed by atoms with Crippen LogP contribution >= 0.6 is 0 Å². The van der Waals surface area contributed by atoms with Gasteiger partial charge in [-0.05, 0) is 42.8 Å². The summed E-state index contributed by atoms with van der Waals surface area (Å²) < 4.78 is 0. The summed E-state index contributed by atoms with van der Waals surface area (Å²) in [5.74, 6) is -0.294. The van der Waals surface area contributed by atoms with Crippen LogP contribution in [-0.2, 0) is 4.84 Å². The van der Waals surface area contributed by atoms with Crippen molar-refractivity contribution < 1.29 is 14.7 Å². The van der Waals surface area contributed by atoms with E-state index in [4.69, 9.17) is 4.84 Å². The highest BCUT2D eigenvalue weighted by Gasteiger charge is 2.15. The van der Waals surface area contributed by atoms with Crippen molar-refractivity contribution in [1.29, 1.82) is 0 Å². The lowest BCUT2D eigenvalue weighted by molar-refractivity contribution is -0.0242. The summed E-state index contributed by atoms with van der Waals surface area (Å²) in [7, 11) is 0. The third-order valence-corrected chi connectivity index (χ3v) is 4.39. The molecule has 1 aliphatic rings. The first-order valence-corrected chi connectivity index (χ1v) is 8.54. The van der Waals surface area contributed by atoms with Crippen LogP contribution in [-0.4, -0.2) is 48.3 Å². The average molecular weight is 328 g/mol. The number of hydrogen-bond acceptors (Lipinski definition) is 4. The number of carbonyl (C=O) groups is 1. The number of rotatable bonds is 6. The minimum atomic E-state index is -0.601. The van der Waals surface area contributed by atoms with Crippen molar-refractivity contribution in [1.82, 2.24) is 10.4 Å². The maximum atomic E-state index is 12.3. The number of likely N-dealkylation sites (tertiary alicyclic amines) is 1. The molecule has 2 aromatic rings. The molecule has 0 radical (unpaired) electrons. The fourth-order valence-corrected chi connectivity index (χ4v) is 3.17. The number of hydrogen-bond donors (Lipinski definition) is 2. The Kier molecular flexibility index (Phi) is 5.80. The third-order valence-electron chi connectivity index (χ3n) is 4.39. The SMILES string of the molecule is O=C(NOCC(O)CN1CCCCC1)c1cccc2ccccc12. The number of aliphatic hydroxyl groups is 1. The molecule has 1 atom stereocenters. The van der Waals surface area contributed by atoms with Crippen LogP contribution in [0.25, 0.3) is 10.8 Å².